The molecule has 4 aromatic rings. The second-order valence-electron chi connectivity index (χ2n) is 11.8. The van der Waals surface area contributed by atoms with Crippen molar-refractivity contribution >= 4 is 40.2 Å². The summed E-state index contributed by atoms with van der Waals surface area (Å²) in [6.07, 6.45) is 6.20. The van der Waals surface area contributed by atoms with Gasteiger partial charge in [0.2, 0.25) is 5.91 Å². The second-order valence-corrected chi connectivity index (χ2v) is 11.8. The Bertz CT molecular complexity index is 1860. The van der Waals surface area contributed by atoms with Gasteiger partial charge in [-0.05, 0) is 49.9 Å². The topological polar surface area (TPSA) is 174 Å². The normalized spacial score (nSPS) is 13.1. The first kappa shape index (κ1) is 35.8. The highest BCUT2D eigenvalue weighted by Crippen LogP contribution is 2.23. The van der Waals surface area contributed by atoms with Gasteiger partial charge in [-0.2, -0.15) is 10.2 Å². The number of carbonyl (C=O) groups is 3. The number of nitrogens with two attached hydrogens (primary N) is 1. The second kappa shape index (κ2) is 15.1. The number of nitrogens with one attached hydrogen (secondary N) is 1. The van der Waals surface area contributed by atoms with Gasteiger partial charge in [0.15, 0.2) is 22.9 Å². The summed E-state index contributed by atoms with van der Waals surface area (Å²) < 4.78 is 2.86. The van der Waals surface area contributed by atoms with Crippen LogP contribution >= 0.6 is 0 Å². The van der Waals surface area contributed by atoms with E-state index in [0.29, 0.717) is 22.7 Å². The number of benzene rings is 2. The zero-order chi connectivity index (χ0) is 34.9. The summed E-state index contributed by atoms with van der Waals surface area (Å²) in [5.41, 5.74) is 7.65. The number of aliphatic hydroxyl groups is 2. The lowest BCUT2D eigenvalue weighted by molar-refractivity contribution is -0.136. The average Bonchev–Trinajstić information content (AvgIpc) is 3.59. The molecule has 2 aromatic carbocycles. The highest BCUT2D eigenvalue weighted by Gasteiger charge is 2.32. The molecular formula is C34H38N8O5. The van der Waals surface area contributed by atoms with Crippen molar-refractivity contribution in [2.75, 3.05) is 11.1 Å². The summed E-state index contributed by atoms with van der Waals surface area (Å²) in [5, 5.41) is 31.5. The van der Waals surface area contributed by atoms with Gasteiger partial charge in [0.25, 0.3) is 0 Å². The van der Waals surface area contributed by atoms with Crippen LogP contribution in [-0.4, -0.2) is 58.4 Å². The van der Waals surface area contributed by atoms with Gasteiger partial charge in [-0.25, -0.2) is 9.69 Å². The number of hydrogen-bond donors (Lipinski definition) is 4. The van der Waals surface area contributed by atoms with Crippen molar-refractivity contribution in [2.24, 2.45) is 0 Å². The Labute approximate surface area is 273 Å². The molecule has 0 radical (unpaired) electrons. The SMILES string of the molecule is [C-]#[N+]c1ccc(CC(=O)[C@@](C)(O)Cn2cc(N)cn2)cc1C.[C-]#[N+]c1ccc(CC(=O)[C@@](C)(O)Cn2cc(NC(C)=O)cn2)cc1C. The minimum Gasteiger partial charge on any atom is -0.396 e. The zero-order valence-electron chi connectivity index (χ0n) is 27.0. The summed E-state index contributed by atoms with van der Waals surface area (Å²) in [5.74, 6) is -0.879. The van der Waals surface area contributed by atoms with E-state index in [4.69, 9.17) is 18.9 Å². The lowest BCUT2D eigenvalue weighted by Gasteiger charge is -2.22. The van der Waals surface area contributed by atoms with Crippen LogP contribution in [0.1, 0.15) is 43.0 Å². The van der Waals surface area contributed by atoms with Gasteiger partial charge in [0, 0.05) is 32.2 Å². The van der Waals surface area contributed by atoms with Gasteiger partial charge in [-0.1, -0.05) is 36.4 Å². The summed E-state index contributed by atoms with van der Waals surface area (Å²) >= 11 is 0. The Morgan fingerprint density at radius 3 is 1.66 bits per heavy atom. The molecule has 13 heteroatoms. The van der Waals surface area contributed by atoms with Crippen LogP contribution in [0.5, 0.6) is 0 Å². The summed E-state index contributed by atoms with van der Waals surface area (Å²) in [7, 11) is 0. The zero-order valence-corrected chi connectivity index (χ0v) is 27.0. The molecule has 1 amide bonds. The molecule has 47 heavy (non-hydrogen) atoms. The highest BCUT2D eigenvalue weighted by molar-refractivity contribution is 5.89. The molecule has 0 aliphatic heterocycles. The molecular weight excluding hydrogens is 600 g/mol. The van der Waals surface area contributed by atoms with Gasteiger partial charge in [0.05, 0.1) is 50.0 Å². The Morgan fingerprint density at radius 1 is 0.830 bits per heavy atom. The van der Waals surface area contributed by atoms with E-state index >= 15 is 0 Å². The number of amides is 1. The van der Waals surface area contributed by atoms with Crippen molar-refractivity contribution in [1.29, 1.82) is 0 Å². The molecule has 2 heterocycles. The van der Waals surface area contributed by atoms with Crippen molar-refractivity contribution in [3.8, 4) is 0 Å². The number of aromatic nitrogens is 4. The maximum absolute atomic E-state index is 12.5. The Morgan fingerprint density at radius 2 is 1.28 bits per heavy atom. The van der Waals surface area contributed by atoms with Crippen molar-refractivity contribution in [1.82, 2.24) is 19.6 Å². The maximum Gasteiger partial charge on any atom is 0.221 e. The van der Waals surface area contributed by atoms with E-state index in [0.717, 1.165) is 22.3 Å². The number of hydrogen-bond acceptors (Lipinski definition) is 8. The third-order valence-corrected chi connectivity index (χ3v) is 7.24. The number of nitrogen functional groups attached to an aromatic ring is 1. The Hall–Kier alpha value is -5.63. The van der Waals surface area contributed by atoms with E-state index in [2.05, 4.69) is 25.2 Å². The number of rotatable bonds is 11. The van der Waals surface area contributed by atoms with Crippen LogP contribution in [0, 0.1) is 27.0 Å². The van der Waals surface area contributed by atoms with E-state index < -0.39 is 11.2 Å². The van der Waals surface area contributed by atoms with Crippen molar-refractivity contribution in [3.63, 3.8) is 0 Å². The summed E-state index contributed by atoms with van der Waals surface area (Å²) in [6, 6.07) is 10.4. The molecule has 2 aromatic heterocycles. The molecule has 0 fully saturated rings. The third kappa shape index (κ3) is 10.2. The van der Waals surface area contributed by atoms with E-state index in [1.54, 1.807) is 48.8 Å². The van der Waals surface area contributed by atoms with E-state index in [-0.39, 0.29) is 43.4 Å². The molecule has 2 atom stereocenters. The monoisotopic (exact) mass is 638 g/mol. The van der Waals surface area contributed by atoms with Gasteiger partial charge in [-0.3, -0.25) is 23.7 Å². The van der Waals surface area contributed by atoms with Gasteiger partial charge >= 0.3 is 0 Å². The number of Topliss-reactive ketones (excluding diaryl/α,β-unsaturated/α-hetero) is 2. The van der Waals surface area contributed by atoms with Crippen LogP contribution in [-0.2, 0) is 40.3 Å². The number of aryl methyl sites for hydroxylation is 2. The van der Waals surface area contributed by atoms with Crippen LogP contribution < -0.4 is 11.1 Å². The van der Waals surface area contributed by atoms with Crippen molar-refractivity contribution in [3.05, 3.63) is 106 Å². The highest BCUT2D eigenvalue weighted by atomic mass is 16.3. The molecule has 244 valence electrons. The maximum atomic E-state index is 12.5. The van der Waals surface area contributed by atoms with Crippen LogP contribution in [0.3, 0.4) is 0 Å². The lowest BCUT2D eigenvalue weighted by atomic mass is 9.94. The van der Waals surface area contributed by atoms with Crippen molar-refractivity contribution in [2.45, 2.75) is 71.8 Å². The van der Waals surface area contributed by atoms with Gasteiger partial charge in [0.1, 0.15) is 11.2 Å². The molecule has 0 aliphatic rings. The van der Waals surface area contributed by atoms with Gasteiger partial charge < -0.3 is 21.3 Å². The van der Waals surface area contributed by atoms with E-state index in [9.17, 15) is 24.6 Å². The van der Waals surface area contributed by atoms with Crippen LogP contribution in [0.2, 0.25) is 0 Å². The van der Waals surface area contributed by atoms with Crippen molar-refractivity contribution < 1.29 is 24.6 Å². The van der Waals surface area contributed by atoms with Gasteiger partial charge in [-0.15, -0.1) is 0 Å². The summed E-state index contributed by atoms with van der Waals surface area (Å²) in [6.45, 7) is 22.0. The molecule has 0 bridgehead atoms. The fourth-order valence-electron chi connectivity index (χ4n) is 4.65. The fraction of sp³-hybridized carbons (Fsp3) is 0.324. The number of anilines is 2. The minimum atomic E-state index is -1.61. The molecule has 0 saturated carbocycles. The number of nitrogens with zero attached hydrogens (tertiary/aromatic N) is 6. The predicted molar refractivity (Wildman–Crippen MR) is 177 cm³/mol. The molecule has 13 nitrogen and oxygen atoms in total. The summed E-state index contributed by atoms with van der Waals surface area (Å²) in [4.78, 5) is 42.6. The molecule has 4 rings (SSSR count). The molecule has 0 aliphatic carbocycles. The first-order chi connectivity index (χ1) is 22.0. The van der Waals surface area contributed by atoms with Crippen LogP contribution in [0.15, 0.2) is 61.2 Å². The van der Waals surface area contributed by atoms with E-state index in [1.165, 1.54) is 42.5 Å². The quantitative estimate of drug-likeness (QED) is 0.177. The molecule has 0 spiro atoms. The average molecular weight is 639 g/mol. The smallest absolute Gasteiger partial charge is 0.221 e. The van der Waals surface area contributed by atoms with Crippen LogP contribution in [0.4, 0.5) is 22.7 Å². The molecule has 5 N–H and O–H groups in total. The Kier molecular flexibility index (Phi) is 11.5. The third-order valence-electron chi connectivity index (χ3n) is 7.24. The largest absolute Gasteiger partial charge is 0.396 e. The molecule has 0 saturated heterocycles. The lowest BCUT2D eigenvalue weighted by Crippen LogP contribution is -2.40. The first-order valence-corrected chi connectivity index (χ1v) is 14.6. The number of carbonyl (C=O) groups excluding carboxylic acids is 3. The fourth-order valence-corrected chi connectivity index (χ4v) is 4.65. The first-order valence-electron chi connectivity index (χ1n) is 14.6. The Balaban J connectivity index is 0.000000257. The minimum absolute atomic E-state index is 0.0233. The van der Waals surface area contributed by atoms with E-state index in [1.807, 2.05) is 13.8 Å². The standard InChI is InChI=1S/C18H20N4O3.C16H18N4O2/c1-12-7-14(5-6-16(12)19-4)8-17(24)18(3,25)11-22-10-15(9-20-22)21-13(2)23;1-11-6-12(4-5-14(11)18-3)7-15(21)16(2,22)10-20-9-13(17)8-19-20/h5-7,9-10,25H,8,11H2,1-3H3,(H,21,23);4-6,8-9,22H,7,10,17H2,1-2H3/t18-;16-/m00/s1. The number of ketones is 2. The van der Waals surface area contributed by atoms with Crippen LogP contribution in [0.25, 0.3) is 9.69 Å². The molecule has 0 unspecified atom stereocenters. The predicted octanol–water partition coefficient (Wildman–Crippen LogP) is 4.15.